The Bertz CT molecular complexity index is 1000. The van der Waals surface area contributed by atoms with E-state index in [0.717, 1.165) is 33.3 Å². The molecule has 0 unspecified atom stereocenters. The third-order valence-corrected chi connectivity index (χ3v) is 4.14. The molecule has 0 aliphatic rings. The van der Waals surface area contributed by atoms with Gasteiger partial charge in [0, 0.05) is 28.9 Å². The Morgan fingerprint density at radius 3 is 2.61 bits per heavy atom. The maximum absolute atomic E-state index is 14.6. The van der Waals surface area contributed by atoms with Crippen LogP contribution < -0.4 is 0 Å². The zero-order chi connectivity index (χ0) is 15.8. The number of aromatic amines is 1. The Morgan fingerprint density at radius 1 is 0.913 bits per heavy atom. The summed E-state index contributed by atoms with van der Waals surface area (Å²) in [4.78, 5) is 7.38. The number of halogens is 1. The molecule has 4 rings (SSSR count). The van der Waals surface area contributed by atoms with Gasteiger partial charge in [-0.3, -0.25) is 0 Å². The Morgan fingerprint density at radius 2 is 1.78 bits per heavy atom. The Kier molecular flexibility index (Phi) is 3.19. The molecule has 2 aromatic carbocycles. The van der Waals surface area contributed by atoms with Gasteiger partial charge in [0.2, 0.25) is 0 Å². The molecule has 0 spiro atoms. The highest BCUT2D eigenvalue weighted by Gasteiger charge is 2.10. The molecule has 112 valence electrons. The fraction of sp³-hybridized carbons (Fsp3) is 0.0500. The number of fused-ring (bicyclic) bond motifs is 1. The van der Waals surface area contributed by atoms with Gasteiger partial charge in [0.1, 0.15) is 11.5 Å². The van der Waals surface area contributed by atoms with E-state index in [9.17, 15) is 4.39 Å². The Labute approximate surface area is 133 Å². The van der Waals surface area contributed by atoms with Crippen LogP contribution in [0.25, 0.3) is 33.3 Å². The van der Waals surface area contributed by atoms with E-state index in [2.05, 4.69) is 9.97 Å². The molecule has 0 amide bonds. The quantitative estimate of drug-likeness (QED) is 0.531. The normalized spacial score (nSPS) is 11.0. The van der Waals surface area contributed by atoms with E-state index in [1.807, 2.05) is 61.7 Å². The van der Waals surface area contributed by atoms with Gasteiger partial charge in [0.15, 0.2) is 0 Å². The number of nitrogens with one attached hydrogen (secondary N) is 1. The summed E-state index contributed by atoms with van der Waals surface area (Å²) in [7, 11) is 0. The first-order valence-electron chi connectivity index (χ1n) is 7.51. The van der Waals surface area contributed by atoms with Crippen LogP contribution in [-0.4, -0.2) is 9.97 Å². The van der Waals surface area contributed by atoms with Gasteiger partial charge in [-0.25, -0.2) is 9.37 Å². The van der Waals surface area contributed by atoms with Crippen LogP contribution in [0, 0.1) is 12.7 Å². The number of aromatic nitrogens is 2. The number of nitrogens with zero attached hydrogens (tertiary/aromatic N) is 1. The zero-order valence-corrected chi connectivity index (χ0v) is 12.7. The summed E-state index contributed by atoms with van der Waals surface area (Å²) in [6.45, 7) is 2.03. The van der Waals surface area contributed by atoms with Gasteiger partial charge >= 0.3 is 0 Å². The number of benzene rings is 2. The van der Waals surface area contributed by atoms with Gasteiger partial charge in [-0.2, -0.15) is 0 Å². The fourth-order valence-corrected chi connectivity index (χ4v) is 2.90. The number of pyridine rings is 1. The van der Waals surface area contributed by atoms with E-state index in [0.29, 0.717) is 5.56 Å². The van der Waals surface area contributed by atoms with Gasteiger partial charge in [0.25, 0.3) is 0 Å². The van der Waals surface area contributed by atoms with Crippen LogP contribution in [0.15, 0.2) is 67.0 Å². The number of hydrogen-bond acceptors (Lipinski definition) is 1. The second-order valence-electron chi connectivity index (χ2n) is 5.65. The molecule has 0 saturated carbocycles. The second-order valence-corrected chi connectivity index (χ2v) is 5.65. The highest BCUT2D eigenvalue weighted by Crippen LogP contribution is 2.30. The lowest BCUT2D eigenvalue weighted by atomic mass is 9.97. The van der Waals surface area contributed by atoms with Crippen LogP contribution in [0.4, 0.5) is 4.39 Å². The van der Waals surface area contributed by atoms with Crippen molar-refractivity contribution in [3.63, 3.8) is 0 Å². The molecule has 0 bridgehead atoms. The van der Waals surface area contributed by atoms with Gasteiger partial charge in [-0.15, -0.1) is 0 Å². The molecule has 2 aromatic heterocycles. The topological polar surface area (TPSA) is 28.7 Å². The van der Waals surface area contributed by atoms with Crippen molar-refractivity contribution in [2.45, 2.75) is 6.92 Å². The maximum atomic E-state index is 14.6. The van der Waals surface area contributed by atoms with E-state index < -0.39 is 0 Å². The van der Waals surface area contributed by atoms with Crippen LogP contribution in [0.2, 0.25) is 0 Å². The Hall–Kier alpha value is -2.94. The molecular formula is C20H15FN2. The highest BCUT2D eigenvalue weighted by atomic mass is 19.1. The van der Waals surface area contributed by atoms with Crippen LogP contribution in [0.5, 0.6) is 0 Å². The molecule has 23 heavy (non-hydrogen) atoms. The van der Waals surface area contributed by atoms with Crippen molar-refractivity contribution in [1.29, 1.82) is 0 Å². The lowest BCUT2D eigenvalue weighted by Gasteiger charge is -2.09. The lowest BCUT2D eigenvalue weighted by molar-refractivity contribution is 0.632. The minimum Gasteiger partial charge on any atom is -0.346 e. The lowest BCUT2D eigenvalue weighted by Crippen LogP contribution is -1.89. The van der Waals surface area contributed by atoms with Gasteiger partial charge in [-0.1, -0.05) is 36.4 Å². The predicted octanol–water partition coefficient (Wildman–Crippen LogP) is 5.34. The van der Waals surface area contributed by atoms with Crippen molar-refractivity contribution in [3.05, 3.63) is 78.4 Å². The molecule has 4 aromatic rings. The number of H-pyrrole nitrogens is 1. The van der Waals surface area contributed by atoms with E-state index in [1.54, 1.807) is 12.3 Å². The first-order valence-corrected chi connectivity index (χ1v) is 7.51. The summed E-state index contributed by atoms with van der Waals surface area (Å²) in [5.41, 5.74) is 5.24. The van der Waals surface area contributed by atoms with E-state index in [-0.39, 0.29) is 5.82 Å². The first kappa shape index (κ1) is 13.7. The molecule has 0 aliphatic carbocycles. The van der Waals surface area contributed by atoms with Crippen LogP contribution in [-0.2, 0) is 0 Å². The summed E-state index contributed by atoms with van der Waals surface area (Å²) in [6.07, 6.45) is 3.53. The van der Waals surface area contributed by atoms with E-state index in [1.165, 1.54) is 0 Å². The van der Waals surface area contributed by atoms with Crippen LogP contribution in [0.1, 0.15) is 5.56 Å². The third kappa shape index (κ3) is 2.40. The van der Waals surface area contributed by atoms with Crippen molar-refractivity contribution in [1.82, 2.24) is 9.97 Å². The van der Waals surface area contributed by atoms with E-state index in [4.69, 9.17) is 0 Å². The highest BCUT2D eigenvalue weighted by molar-refractivity contribution is 5.82. The van der Waals surface area contributed by atoms with Gasteiger partial charge in [0.05, 0.1) is 0 Å². The summed E-state index contributed by atoms with van der Waals surface area (Å²) in [6, 6.07) is 17.3. The van der Waals surface area contributed by atoms with Gasteiger partial charge in [-0.05, 0) is 41.8 Å². The standard InChI is InChI=1S/C20H15FN2/c1-13-4-2-3-5-17(13)14-6-7-18(19(21)11-14)16-10-15-8-9-22-20(15)23-12-16/h2-12H,1H3,(H,22,23). The molecule has 0 fully saturated rings. The number of rotatable bonds is 2. The third-order valence-electron chi connectivity index (χ3n) is 4.14. The zero-order valence-electron chi connectivity index (χ0n) is 12.7. The molecule has 0 radical (unpaired) electrons. The predicted molar refractivity (Wildman–Crippen MR) is 91.7 cm³/mol. The molecule has 2 heterocycles. The minimum atomic E-state index is -0.234. The minimum absolute atomic E-state index is 0.234. The molecule has 2 nitrogen and oxygen atoms in total. The van der Waals surface area contributed by atoms with E-state index >= 15 is 0 Å². The summed E-state index contributed by atoms with van der Waals surface area (Å²) >= 11 is 0. The molecule has 0 aliphatic heterocycles. The Balaban J connectivity index is 1.80. The van der Waals surface area contributed by atoms with Crippen molar-refractivity contribution in [2.75, 3.05) is 0 Å². The second kappa shape index (κ2) is 5.36. The summed E-state index contributed by atoms with van der Waals surface area (Å²) < 4.78 is 14.6. The molecule has 0 atom stereocenters. The largest absolute Gasteiger partial charge is 0.346 e. The van der Waals surface area contributed by atoms with Crippen molar-refractivity contribution < 1.29 is 4.39 Å². The average Bonchev–Trinajstić information content (AvgIpc) is 3.03. The monoisotopic (exact) mass is 302 g/mol. The molecular weight excluding hydrogens is 287 g/mol. The smallest absolute Gasteiger partial charge is 0.137 e. The molecule has 1 N–H and O–H groups in total. The van der Waals surface area contributed by atoms with Crippen LogP contribution >= 0.6 is 0 Å². The molecule has 3 heteroatoms. The van der Waals surface area contributed by atoms with Crippen LogP contribution in [0.3, 0.4) is 0 Å². The summed E-state index contributed by atoms with van der Waals surface area (Å²) in [5.74, 6) is -0.234. The first-order chi connectivity index (χ1) is 11.2. The maximum Gasteiger partial charge on any atom is 0.137 e. The van der Waals surface area contributed by atoms with Crippen molar-refractivity contribution >= 4 is 11.0 Å². The van der Waals surface area contributed by atoms with Crippen molar-refractivity contribution in [3.8, 4) is 22.3 Å². The van der Waals surface area contributed by atoms with Gasteiger partial charge < -0.3 is 4.98 Å². The number of aryl methyl sites for hydroxylation is 1. The fourth-order valence-electron chi connectivity index (χ4n) is 2.90. The number of hydrogen-bond donors (Lipinski definition) is 1. The summed E-state index contributed by atoms with van der Waals surface area (Å²) in [5, 5.41) is 0.977. The van der Waals surface area contributed by atoms with Crippen molar-refractivity contribution in [2.24, 2.45) is 0 Å². The SMILES string of the molecule is Cc1ccccc1-c1ccc(-c2cnc3[nH]ccc3c2)c(F)c1. The molecule has 0 saturated heterocycles. The average molecular weight is 302 g/mol.